The Bertz CT molecular complexity index is 1040. The summed E-state index contributed by atoms with van der Waals surface area (Å²) < 4.78 is 27.4. The van der Waals surface area contributed by atoms with Crippen molar-refractivity contribution in [3.8, 4) is 0 Å². The van der Waals surface area contributed by atoms with Crippen LogP contribution in [0.15, 0.2) is 52.3 Å². The molecule has 0 bridgehead atoms. The number of sulfonamides is 1. The molecule has 31 heavy (non-hydrogen) atoms. The third kappa shape index (κ3) is 7.09. The number of fused-ring (bicyclic) bond motifs is 1. The van der Waals surface area contributed by atoms with Crippen LogP contribution in [0, 0.1) is 6.92 Å². The minimum absolute atomic E-state index is 0.0563. The third-order valence-corrected chi connectivity index (χ3v) is 7.48. The molecule has 0 aromatic heterocycles. The zero-order chi connectivity index (χ0) is 22.3. The zero-order valence-corrected chi connectivity index (χ0v) is 19.1. The van der Waals surface area contributed by atoms with Crippen LogP contribution < -0.4 is 15.6 Å². The molecule has 0 saturated heterocycles. The van der Waals surface area contributed by atoms with E-state index in [2.05, 4.69) is 15.6 Å². The lowest BCUT2D eigenvalue weighted by atomic mass is 9.92. The Labute approximate surface area is 187 Å². The molecule has 3 N–H and O–H groups in total. The minimum atomic E-state index is -3.68. The molecule has 0 atom stereocenters. The average Bonchev–Trinajstić information content (AvgIpc) is 2.77. The van der Waals surface area contributed by atoms with Crippen molar-refractivity contribution in [1.82, 2.24) is 15.6 Å². The van der Waals surface area contributed by atoms with Crippen molar-refractivity contribution in [2.24, 2.45) is 0 Å². The van der Waals surface area contributed by atoms with E-state index in [1.165, 1.54) is 17.3 Å². The second-order valence-corrected chi connectivity index (χ2v) is 10.3. The molecule has 0 heterocycles. The molecular formula is C22H27N3O4S2. The van der Waals surface area contributed by atoms with E-state index in [0.717, 1.165) is 41.7 Å². The molecule has 0 unspecified atom stereocenters. The van der Waals surface area contributed by atoms with Gasteiger partial charge in [0.1, 0.15) is 0 Å². The van der Waals surface area contributed by atoms with Gasteiger partial charge in [-0.3, -0.25) is 20.4 Å². The van der Waals surface area contributed by atoms with Gasteiger partial charge in [0.15, 0.2) is 0 Å². The lowest BCUT2D eigenvalue weighted by Crippen LogP contribution is -2.43. The minimum Gasteiger partial charge on any atom is -0.273 e. The topological polar surface area (TPSA) is 104 Å². The maximum atomic E-state index is 12.5. The van der Waals surface area contributed by atoms with Gasteiger partial charge in [0.25, 0.3) is 0 Å². The molecule has 1 aliphatic rings. The number of nitrogens with one attached hydrogen (secondary N) is 3. The van der Waals surface area contributed by atoms with E-state index in [0.29, 0.717) is 0 Å². The van der Waals surface area contributed by atoms with Gasteiger partial charge in [-0.25, -0.2) is 13.1 Å². The van der Waals surface area contributed by atoms with Crippen molar-refractivity contribution in [3.63, 3.8) is 0 Å². The number of carbonyl (C=O) groups is 2. The Hall–Kier alpha value is -2.36. The predicted molar refractivity (Wildman–Crippen MR) is 121 cm³/mol. The lowest BCUT2D eigenvalue weighted by molar-refractivity contribution is -0.127. The monoisotopic (exact) mass is 461 g/mol. The van der Waals surface area contributed by atoms with E-state index < -0.39 is 15.9 Å². The number of hydrogen-bond donors (Lipinski definition) is 3. The van der Waals surface area contributed by atoms with E-state index >= 15 is 0 Å². The van der Waals surface area contributed by atoms with Gasteiger partial charge in [-0.05, 0) is 68.0 Å². The Morgan fingerprint density at radius 1 is 0.935 bits per heavy atom. The number of thioether (sulfide) groups is 1. The first-order chi connectivity index (χ1) is 14.8. The Morgan fingerprint density at radius 3 is 2.35 bits per heavy atom. The van der Waals surface area contributed by atoms with Crippen LogP contribution in [0.5, 0.6) is 0 Å². The molecule has 7 nitrogen and oxygen atoms in total. The van der Waals surface area contributed by atoms with Gasteiger partial charge in [0.2, 0.25) is 21.8 Å². The van der Waals surface area contributed by atoms with Crippen molar-refractivity contribution in [2.75, 3.05) is 12.3 Å². The quantitative estimate of drug-likeness (QED) is 0.414. The van der Waals surface area contributed by atoms with Crippen LogP contribution >= 0.6 is 11.8 Å². The van der Waals surface area contributed by atoms with Gasteiger partial charge in [-0.2, -0.15) is 0 Å². The summed E-state index contributed by atoms with van der Waals surface area (Å²) in [4.78, 5) is 25.0. The molecular weight excluding hydrogens is 434 g/mol. The molecule has 0 aliphatic heterocycles. The van der Waals surface area contributed by atoms with Crippen LogP contribution in [0.25, 0.3) is 0 Å². The summed E-state index contributed by atoms with van der Waals surface area (Å²) in [6.45, 7) is 1.93. The summed E-state index contributed by atoms with van der Waals surface area (Å²) in [6.07, 6.45) is 3.99. The highest BCUT2D eigenvalue weighted by Crippen LogP contribution is 2.24. The highest BCUT2D eigenvalue weighted by Gasteiger charge is 2.18. The second-order valence-electron chi connectivity index (χ2n) is 7.48. The van der Waals surface area contributed by atoms with Crippen LogP contribution in [0.4, 0.5) is 0 Å². The number of benzene rings is 2. The van der Waals surface area contributed by atoms with Gasteiger partial charge in [-0.1, -0.05) is 23.8 Å². The van der Waals surface area contributed by atoms with E-state index in [1.54, 1.807) is 12.1 Å². The summed E-state index contributed by atoms with van der Waals surface area (Å²) in [7, 11) is -3.68. The van der Waals surface area contributed by atoms with Crippen molar-refractivity contribution < 1.29 is 18.0 Å². The fourth-order valence-electron chi connectivity index (χ4n) is 3.28. The smallest absolute Gasteiger partial charge is 0.248 e. The number of carbonyl (C=O) groups excluding carboxylic acids is 2. The number of hydrazine groups is 1. The van der Waals surface area contributed by atoms with Crippen LogP contribution in [0.2, 0.25) is 0 Å². The van der Waals surface area contributed by atoms with Crippen molar-refractivity contribution in [3.05, 3.63) is 59.2 Å². The van der Waals surface area contributed by atoms with E-state index in [1.807, 2.05) is 37.3 Å². The summed E-state index contributed by atoms with van der Waals surface area (Å²) in [6, 6.07) is 13.0. The first-order valence-corrected chi connectivity index (χ1v) is 12.7. The maximum Gasteiger partial charge on any atom is 0.248 e. The van der Waals surface area contributed by atoms with Crippen LogP contribution in [-0.2, 0) is 32.5 Å². The van der Waals surface area contributed by atoms with Crippen molar-refractivity contribution >= 4 is 33.6 Å². The summed E-state index contributed by atoms with van der Waals surface area (Å²) >= 11 is 1.36. The molecule has 2 aromatic carbocycles. The van der Waals surface area contributed by atoms with Gasteiger partial charge in [0, 0.05) is 17.9 Å². The Balaban J connectivity index is 1.38. The average molecular weight is 462 g/mol. The zero-order valence-electron chi connectivity index (χ0n) is 17.4. The summed E-state index contributed by atoms with van der Waals surface area (Å²) in [5.74, 6) is -0.649. The molecule has 166 valence electrons. The molecule has 9 heteroatoms. The van der Waals surface area contributed by atoms with Gasteiger partial charge >= 0.3 is 0 Å². The number of rotatable bonds is 8. The third-order valence-electron chi connectivity index (χ3n) is 5.01. The van der Waals surface area contributed by atoms with Gasteiger partial charge < -0.3 is 0 Å². The SMILES string of the molecule is Cc1ccc(SCC(=O)NNC(=O)CCNS(=O)(=O)c2ccc3c(c2)CCCC3)cc1. The molecule has 0 saturated carbocycles. The number of hydrogen-bond acceptors (Lipinski definition) is 5. The standard InChI is InChI=1S/C22H27N3O4S2/c1-16-6-9-19(10-7-16)30-15-22(27)25-24-21(26)12-13-23-31(28,29)20-11-8-17-4-2-3-5-18(17)14-20/h6-11,14,23H,2-5,12-13,15H2,1H3,(H,24,26)(H,25,27). The lowest BCUT2D eigenvalue weighted by Gasteiger charge is -2.16. The molecule has 2 amide bonds. The maximum absolute atomic E-state index is 12.5. The molecule has 0 radical (unpaired) electrons. The van der Waals surface area contributed by atoms with Crippen LogP contribution in [0.3, 0.4) is 0 Å². The predicted octanol–water partition coefficient (Wildman–Crippen LogP) is 2.48. The molecule has 3 rings (SSSR count). The highest BCUT2D eigenvalue weighted by molar-refractivity contribution is 8.00. The van der Waals surface area contributed by atoms with Gasteiger partial charge in [0.05, 0.1) is 10.6 Å². The Morgan fingerprint density at radius 2 is 1.61 bits per heavy atom. The molecule has 2 aromatic rings. The van der Waals surface area contributed by atoms with Crippen molar-refractivity contribution in [2.45, 2.75) is 48.8 Å². The molecule has 1 aliphatic carbocycles. The van der Waals surface area contributed by atoms with Crippen LogP contribution in [0.1, 0.15) is 36.0 Å². The number of aryl methyl sites for hydroxylation is 3. The Kier molecular flexibility index (Phi) is 8.11. The van der Waals surface area contributed by atoms with Crippen LogP contribution in [-0.4, -0.2) is 32.5 Å². The van der Waals surface area contributed by atoms with E-state index in [-0.39, 0.29) is 29.5 Å². The van der Waals surface area contributed by atoms with Gasteiger partial charge in [-0.15, -0.1) is 11.8 Å². The fourth-order valence-corrected chi connectivity index (χ4v) is 5.06. The summed E-state index contributed by atoms with van der Waals surface area (Å²) in [5, 5.41) is 0. The highest BCUT2D eigenvalue weighted by atomic mass is 32.2. The largest absolute Gasteiger partial charge is 0.273 e. The van der Waals surface area contributed by atoms with E-state index in [9.17, 15) is 18.0 Å². The second kappa shape index (κ2) is 10.8. The first-order valence-electron chi connectivity index (χ1n) is 10.2. The molecule has 0 fully saturated rings. The normalized spacial score (nSPS) is 13.3. The fraction of sp³-hybridized carbons (Fsp3) is 0.364. The first kappa shape index (κ1) is 23.3. The number of amides is 2. The summed E-state index contributed by atoms with van der Waals surface area (Å²) in [5.41, 5.74) is 8.08. The van der Waals surface area contributed by atoms with E-state index in [4.69, 9.17) is 0 Å². The molecule has 0 spiro atoms. The van der Waals surface area contributed by atoms with Crippen molar-refractivity contribution in [1.29, 1.82) is 0 Å².